The van der Waals surface area contributed by atoms with Gasteiger partial charge in [-0.15, -0.1) is 23.2 Å². The topological polar surface area (TPSA) is 3.24 Å². The van der Waals surface area contributed by atoms with Crippen molar-refractivity contribution in [2.75, 3.05) is 25.5 Å². The lowest BCUT2D eigenvalue weighted by atomic mass is 10.1. The zero-order chi connectivity index (χ0) is 11.0. The fraction of sp³-hybridized carbons (Fsp3) is 1.00. The summed E-state index contributed by atoms with van der Waals surface area (Å²) in [5.41, 5.74) is 0. The average Bonchev–Trinajstić information content (AvgIpc) is 2.09. The van der Waals surface area contributed by atoms with E-state index in [1.165, 1.54) is 6.42 Å². The summed E-state index contributed by atoms with van der Waals surface area (Å²) in [6.45, 7) is 9.75. The van der Waals surface area contributed by atoms with E-state index >= 15 is 0 Å². The lowest BCUT2D eigenvalue weighted by Crippen LogP contribution is -2.29. The number of nitrogens with zero attached hydrogens (tertiary/aromatic N) is 1. The summed E-state index contributed by atoms with van der Waals surface area (Å²) in [6.07, 6.45) is 2.30. The van der Waals surface area contributed by atoms with Crippen molar-refractivity contribution in [1.82, 2.24) is 4.90 Å². The molecule has 1 nitrogen and oxygen atoms in total. The molecule has 3 heteroatoms. The Balaban J connectivity index is 3.65. The molecule has 0 radical (unpaired) electrons. The largest absolute Gasteiger partial charge is 0.302 e. The molecule has 1 unspecified atom stereocenters. The maximum Gasteiger partial charge on any atom is 0.0351 e. The summed E-state index contributed by atoms with van der Waals surface area (Å²) >= 11 is 11.7. The molecule has 0 rings (SSSR count). The van der Waals surface area contributed by atoms with Crippen molar-refractivity contribution < 1.29 is 0 Å². The van der Waals surface area contributed by atoms with Gasteiger partial charge in [0.05, 0.1) is 0 Å². The van der Waals surface area contributed by atoms with Crippen LogP contribution in [0.1, 0.15) is 33.6 Å². The smallest absolute Gasteiger partial charge is 0.0351 e. The third-order valence-corrected chi connectivity index (χ3v) is 2.65. The molecule has 86 valence electrons. The normalized spacial score (nSPS) is 13.9. The molecule has 0 aliphatic heterocycles. The van der Waals surface area contributed by atoms with Gasteiger partial charge in [-0.1, -0.05) is 13.8 Å². The monoisotopic (exact) mass is 239 g/mol. The van der Waals surface area contributed by atoms with Crippen LogP contribution in [0.4, 0.5) is 0 Å². The Morgan fingerprint density at radius 1 is 1.00 bits per heavy atom. The molecule has 1 atom stereocenters. The fourth-order valence-electron chi connectivity index (χ4n) is 1.26. The molecule has 0 N–H and O–H groups in total. The van der Waals surface area contributed by atoms with Crippen molar-refractivity contribution in [1.29, 1.82) is 0 Å². The van der Waals surface area contributed by atoms with E-state index in [2.05, 4.69) is 18.7 Å². The first-order valence-corrected chi connectivity index (χ1v) is 6.45. The molecule has 0 aromatic heterocycles. The van der Waals surface area contributed by atoms with Crippen LogP contribution in [0.3, 0.4) is 0 Å². The molecule has 14 heavy (non-hydrogen) atoms. The van der Waals surface area contributed by atoms with Crippen LogP contribution >= 0.6 is 23.2 Å². The number of alkyl halides is 2. The molecule has 0 saturated carbocycles. The molecule has 0 saturated heterocycles. The van der Waals surface area contributed by atoms with Gasteiger partial charge >= 0.3 is 0 Å². The van der Waals surface area contributed by atoms with Gasteiger partial charge in [0.1, 0.15) is 0 Å². The SMILES string of the molecule is CC(C)CCN(CCCl)CCC(C)Cl. The summed E-state index contributed by atoms with van der Waals surface area (Å²) in [6, 6.07) is 0. The van der Waals surface area contributed by atoms with E-state index in [4.69, 9.17) is 23.2 Å². The highest BCUT2D eigenvalue weighted by atomic mass is 35.5. The second-order valence-corrected chi connectivity index (χ2v) is 5.41. The molecule has 0 aromatic rings. The van der Waals surface area contributed by atoms with Gasteiger partial charge in [-0.25, -0.2) is 0 Å². The van der Waals surface area contributed by atoms with E-state index in [1.54, 1.807) is 0 Å². The molecule has 0 heterocycles. The number of hydrogen-bond donors (Lipinski definition) is 0. The van der Waals surface area contributed by atoms with Crippen molar-refractivity contribution in [3.8, 4) is 0 Å². The predicted molar refractivity (Wildman–Crippen MR) is 66.5 cm³/mol. The maximum absolute atomic E-state index is 5.93. The van der Waals surface area contributed by atoms with Crippen LogP contribution < -0.4 is 0 Å². The number of rotatable bonds is 8. The summed E-state index contributed by atoms with van der Waals surface area (Å²) in [5, 5.41) is 0.270. The first kappa shape index (κ1) is 14.5. The highest BCUT2D eigenvalue weighted by Crippen LogP contribution is 2.06. The van der Waals surface area contributed by atoms with E-state index in [0.29, 0.717) is 0 Å². The van der Waals surface area contributed by atoms with Crippen LogP contribution in [0.15, 0.2) is 0 Å². The summed E-state index contributed by atoms with van der Waals surface area (Å²) in [4.78, 5) is 2.41. The molecule has 0 bridgehead atoms. The van der Waals surface area contributed by atoms with Gasteiger partial charge in [-0.2, -0.15) is 0 Å². The third kappa shape index (κ3) is 9.11. The minimum Gasteiger partial charge on any atom is -0.302 e. The fourth-order valence-corrected chi connectivity index (χ4v) is 1.59. The first-order valence-electron chi connectivity index (χ1n) is 5.48. The molecular formula is C11H23Cl2N. The van der Waals surface area contributed by atoms with Crippen molar-refractivity contribution in [3.05, 3.63) is 0 Å². The van der Waals surface area contributed by atoms with Crippen LogP contribution in [-0.2, 0) is 0 Å². The van der Waals surface area contributed by atoms with Crippen molar-refractivity contribution in [3.63, 3.8) is 0 Å². The van der Waals surface area contributed by atoms with E-state index < -0.39 is 0 Å². The van der Waals surface area contributed by atoms with Gasteiger partial charge in [-0.05, 0) is 38.8 Å². The molecule has 0 spiro atoms. The van der Waals surface area contributed by atoms with Crippen molar-refractivity contribution in [2.24, 2.45) is 5.92 Å². The van der Waals surface area contributed by atoms with Gasteiger partial charge in [0.15, 0.2) is 0 Å². The summed E-state index contributed by atoms with van der Waals surface area (Å²) in [7, 11) is 0. The summed E-state index contributed by atoms with van der Waals surface area (Å²) < 4.78 is 0. The Kier molecular flexibility index (Phi) is 9.16. The second kappa shape index (κ2) is 8.82. The van der Waals surface area contributed by atoms with Gasteiger partial charge in [-0.3, -0.25) is 0 Å². The van der Waals surface area contributed by atoms with Crippen LogP contribution in [0, 0.1) is 5.92 Å². The Labute approximate surface area is 98.8 Å². The molecule has 0 aliphatic rings. The number of hydrogen-bond acceptors (Lipinski definition) is 1. The minimum atomic E-state index is 0.270. The quantitative estimate of drug-likeness (QED) is 0.586. The Hall–Kier alpha value is 0.540. The van der Waals surface area contributed by atoms with E-state index in [-0.39, 0.29) is 5.38 Å². The van der Waals surface area contributed by atoms with Crippen LogP contribution in [0.2, 0.25) is 0 Å². The van der Waals surface area contributed by atoms with Crippen molar-refractivity contribution in [2.45, 2.75) is 39.0 Å². The third-order valence-electron chi connectivity index (χ3n) is 2.27. The molecule has 0 aromatic carbocycles. The maximum atomic E-state index is 5.93. The minimum absolute atomic E-state index is 0.270. The molecular weight excluding hydrogens is 217 g/mol. The van der Waals surface area contributed by atoms with Gasteiger partial charge in [0.25, 0.3) is 0 Å². The molecule has 0 amide bonds. The van der Waals surface area contributed by atoms with Crippen LogP contribution in [0.25, 0.3) is 0 Å². The second-order valence-electron chi connectivity index (χ2n) is 4.28. The summed E-state index contributed by atoms with van der Waals surface area (Å²) in [5.74, 6) is 1.48. The lowest BCUT2D eigenvalue weighted by molar-refractivity contribution is 0.268. The van der Waals surface area contributed by atoms with Crippen LogP contribution in [0.5, 0.6) is 0 Å². The van der Waals surface area contributed by atoms with Gasteiger partial charge in [0.2, 0.25) is 0 Å². The predicted octanol–water partition coefficient (Wildman–Crippen LogP) is 3.59. The first-order chi connectivity index (χ1) is 6.56. The van der Waals surface area contributed by atoms with Gasteiger partial charge in [0, 0.05) is 17.8 Å². The van der Waals surface area contributed by atoms with Crippen molar-refractivity contribution >= 4 is 23.2 Å². The highest BCUT2D eigenvalue weighted by molar-refractivity contribution is 6.20. The van der Waals surface area contributed by atoms with E-state index in [0.717, 1.165) is 37.9 Å². The van der Waals surface area contributed by atoms with Gasteiger partial charge < -0.3 is 4.90 Å². The van der Waals surface area contributed by atoms with E-state index in [1.807, 2.05) is 6.92 Å². The zero-order valence-electron chi connectivity index (χ0n) is 9.60. The molecule has 0 aliphatic carbocycles. The Bertz CT molecular complexity index is 114. The zero-order valence-corrected chi connectivity index (χ0v) is 11.1. The average molecular weight is 240 g/mol. The lowest BCUT2D eigenvalue weighted by Gasteiger charge is -2.22. The standard InChI is InChI=1S/C11H23Cl2N/c1-10(2)4-7-14(9-6-12)8-5-11(3)13/h10-11H,4-9H2,1-3H3. The Morgan fingerprint density at radius 2 is 1.57 bits per heavy atom. The number of halogens is 2. The molecule has 0 fully saturated rings. The van der Waals surface area contributed by atoms with E-state index in [9.17, 15) is 0 Å². The van der Waals surface area contributed by atoms with Crippen LogP contribution in [-0.4, -0.2) is 35.8 Å². The Morgan fingerprint density at radius 3 is 2.00 bits per heavy atom. The highest BCUT2D eigenvalue weighted by Gasteiger charge is 2.06.